The number of benzene rings is 2. The van der Waals surface area contributed by atoms with Crippen LogP contribution in [0, 0.1) is 6.92 Å². The number of rotatable bonds is 10. The Kier molecular flexibility index (Phi) is 7.69. The maximum Gasteiger partial charge on any atom is 0.118 e. The summed E-state index contributed by atoms with van der Waals surface area (Å²) in [4.78, 5) is 7.43. The zero-order chi connectivity index (χ0) is 21.5. The summed E-state index contributed by atoms with van der Waals surface area (Å²) in [5.41, 5.74) is 5.48. The van der Waals surface area contributed by atoms with Crippen molar-refractivity contribution in [3.05, 3.63) is 54.1 Å². The fourth-order valence-electron chi connectivity index (χ4n) is 3.87. The van der Waals surface area contributed by atoms with Crippen LogP contribution in [0.4, 0.5) is 5.69 Å². The molecule has 3 aromatic rings. The number of fused-ring (bicyclic) bond motifs is 1. The van der Waals surface area contributed by atoms with Gasteiger partial charge in [0.15, 0.2) is 0 Å². The summed E-state index contributed by atoms with van der Waals surface area (Å²) in [6.45, 7) is 12.3. The SMILES string of the molecule is CCN(CC)CCCC(C)Nc1cc(-c2ccc(OC)cc2)nc2cc(C)ccc12. The van der Waals surface area contributed by atoms with E-state index < -0.39 is 0 Å². The van der Waals surface area contributed by atoms with Crippen LogP contribution in [-0.2, 0) is 0 Å². The van der Waals surface area contributed by atoms with Gasteiger partial charge in [0.25, 0.3) is 0 Å². The Bertz CT molecular complexity index is 948. The van der Waals surface area contributed by atoms with Crippen molar-refractivity contribution < 1.29 is 4.74 Å². The van der Waals surface area contributed by atoms with Gasteiger partial charge in [0.1, 0.15) is 5.75 Å². The number of pyridine rings is 1. The summed E-state index contributed by atoms with van der Waals surface area (Å²) in [5.74, 6) is 0.857. The van der Waals surface area contributed by atoms with Crippen LogP contribution in [0.3, 0.4) is 0 Å². The number of ether oxygens (including phenoxy) is 1. The molecule has 0 spiro atoms. The monoisotopic (exact) mass is 405 g/mol. The zero-order valence-electron chi connectivity index (χ0n) is 19.0. The van der Waals surface area contributed by atoms with Gasteiger partial charge < -0.3 is 15.0 Å². The van der Waals surface area contributed by atoms with Crippen LogP contribution >= 0.6 is 0 Å². The Labute approximate surface area is 181 Å². The minimum absolute atomic E-state index is 0.399. The molecule has 4 nitrogen and oxygen atoms in total. The average molecular weight is 406 g/mol. The van der Waals surface area contributed by atoms with Crippen LogP contribution in [0.5, 0.6) is 5.75 Å². The standard InChI is InChI=1S/C26H35N3O/c1-6-29(7-2)16-8-9-20(4)27-26-18-24(21-11-13-22(30-5)14-12-21)28-25-17-19(3)10-15-23(25)26/h10-15,17-18,20H,6-9,16H2,1-5H3,(H,27,28). The van der Waals surface area contributed by atoms with E-state index in [4.69, 9.17) is 9.72 Å². The van der Waals surface area contributed by atoms with Crippen LogP contribution in [0.15, 0.2) is 48.5 Å². The van der Waals surface area contributed by atoms with E-state index in [0.29, 0.717) is 6.04 Å². The maximum absolute atomic E-state index is 5.30. The van der Waals surface area contributed by atoms with Crippen LogP contribution in [-0.4, -0.2) is 42.7 Å². The molecule has 1 heterocycles. The van der Waals surface area contributed by atoms with E-state index in [1.807, 2.05) is 12.1 Å². The Morgan fingerprint density at radius 3 is 2.43 bits per heavy atom. The van der Waals surface area contributed by atoms with Gasteiger partial charge in [-0.1, -0.05) is 26.0 Å². The predicted octanol–water partition coefficient (Wildman–Crippen LogP) is 6.14. The fraction of sp³-hybridized carbons (Fsp3) is 0.423. The lowest BCUT2D eigenvalue weighted by Gasteiger charge is -2.21. The molecule has 0 aliphatic carbocycles. The van der Waals surface area contributed by atoms with Gasteiger partial charge in [0, 0.05) is 22.7 Å². The normalized spacial score (nSPS) is 12.3. The van der Waals surface area contributed by atoms with Crippen LogP contribution < -0.4 is 10.1 Å². The van der Waals surface area contributed by atoms with Gasteiger partial charge in [-0.3, -0.25) is 0 Å². The lowest BCUT2D eigenvalue weighted by Crippen LogP contribution is -2.25. The van der Waals surface area contributed by atoms with Crippen LogP contribution in [0.1, 0.15) is 39.2 Å². The summed E-state index contributed by atoms with van der Waals surface area (Å²) in [6.07, 6.45) is 2.34. The molecular formula is C26H35N3O. The number of methoxy groups -OCH3 is 1. The van der Waals surface area contributed by atoms with Gasteiger partial charge in [-0.25, -0.2) is 4.98 Å². The Balaban J connectivity index is 1.84. The molecule has 1 unspecified atom stereocenters. The smallest absolute Gasteiger partial charge is 0.118 e. The van der Waals surface area contributed by atoms with E-state index in [1.165, 1.54) is 17.4 Å². The Hall–Kier alpha value is -2.59. The third kappa shape index (κ3) is 5.51. The van der Waals surface area contributed by atoms with Crippen molar-refractivity contribution in [2.75, 3.05) is 32.1 Å². The quantitative estimate of drug-likeness (QED) is 0.439. The molecule has 0 fully saturated rings. The average Bonchev–Trinajstić information content (AvgIpc) is 2.76. The molecule has 4 heteroatoms. The molecule has 0 aliphatic rings. The van der Waals surface area contributed by atoms with E-state index in [-0.39, 0.29) is 0 Å². The molecule has 0 bridgehead atoms. The minimum Gasteiger partial charge on any atom is -0.497 e. The van der Waals surface area contributed by atoms with Crippen molar-refractivity contribution in [2.45, 2.75) is 46.6 Å². The molecule has 0 amide bonds. The van der Waals surface area contributed by atoms with E-state index >= 15 is 0 Å². The molecule has 30 heavy (non-hydrogen) atoms. The van der Waals surface area contributed by atoms with E-state index in [1.54, 1.807) is 7.11 Å². The molecule has 0 radical (unpaired) electrons. The maximum atomic E-state index is 5.30. The van der Waals surface area contributed by atoms with Gasteiger partial charge in [-0.05, 0) is 88.3 Å². The minimum atomic E-state index is 0.399. The Morgan fingerprint density at radius 2 is 1.77 bits per heavy atom. The summed E-state index contributed by atoms with van der Waals surface area (Å²) in [5, 5.41) is 4.94. The number of nitrogens with zero attached hydrogens (tertiary/aromatic N) is 2. The number of aryl methyl sites for hydroxylation is 1. The summed E-state index contributed by atoms with van der Waals surface area (Å²) in [6, 6.07) is 17.2. The highest BCUT2D eigenvalue weighted by atomic mass is 16.5. The zero-order valence-corrected chi connectivity index (χ0v) is 19.0. The lowest BCUT2D eigenvalue weighted by molar-refractivity contribution is 0.295. The summed E-state index contributed by atoms with van der Waals surface area (Å²) < 4.78 is 5.30. The van der Waals surface area contributed by atoms with E-state index in [2.05, 4.69) is 74.3 Å². The summed E-state index contributed by atoms with van der Waals surface area (Å²) in [7, 11) is 1.69. The molecule has 160 valence electrons. The molecule has 1 N–H and O–H groups in total. The number of hydrogen-bond acceptors (Lipinski definition) is 4. The third-order valence-corrected chi connectivity index (χ3v) is 5.76. The first-order valence-electron chi connectivity index (χ1n) is 11.1. The molecular weight excluding hydrogens is 370 g/mol. The fourth-order valence-corrected chi connectivity index (χ4v) is 3.87. The van der Waals surface area contributed by atoms with E-state index in [0.717, 1.165) is 54.3 Å². The van der Waals surface area contributed by atoms with Crippen LogP contribution in [0.25, 0.3) is 22.2 Å². The van der Waals surface area contributed by atoms with Gasteiger partial charge >= 0.3 is 0 Å². The molecule has 3 rings (SSSR count). The van der Waals surface area contributed by atoms with Crippen molar-refractivity contribution in [2.24, 2.45) is 0 Å². The van der Waals surface area contributed by atoms with Gasteiger partial charge in [-0.2, -0.15) is 0 Å². The van der Waals surface area contributed by atoms with Crippen LogP contribution in [0.2, 0.25) is 0 Å². The topological polar surface area (TPSA) is 37.4 Å². The van der Waals surface area contributed by atoms with Gasteiger partial charge in [-0.15, -0.1) is 0 Å². The van der Waals surface area contributed by atoms with Crippen molar-refractivity contribution in [3.8, 4) is 17.0 Å². The number of hydrogen-bond donors (Lipinski definition) is 1. The van der Waals surface area contributed by atoms with Gasteiger partial charge in [0.05, 0.1) is 18.3 Å². The highest BCUT2D eigenvalue weighted by Gasteiger charge is 2.11. The molecule has 0 saturated heterocycles. The largest absolute Gasteiger partial charge is 0.497 e. The third-order valence-electron chi connectivity index (χ3n) is 5.76. The second-order valence-electron chi connectivity index (χ2n) is 8.02. The first-order chi connectivity index (χ1) is 14.5. The lowest BCUT2D eigenvalue weighted by atomic mass is 10.0. The first-order valence-corrected chi connectivity index (χ1v) is 11.1. The Morgan fingerprint density at radius 1 is 1.03 bits per heavy atom. The highest BCUT2D eigenvalue weighted by molar-refractivity contribution is 5.94. The molecule has 0 aliphatic heterocycles. The van der Waals surface area contributed by atoms with Crippen molar-refractivity contribution >= 4 is 16.6 Å². The van der Waals surface area contributed by atoms with Crippen molar-refractivity contribution in [1.29, 1.82) is 0 Å². The number of aromatic nitrogens is 1. The van der Waals surface area contributed by atoms with Gasteiger partial charge in [0.2, 0.25) is 0 Å². The molecule has 1 aromatic heterocycles. The van der Waals surface area contributed by atoms with E-state index in [9.17, 15) is 0 Å². The van der Waals surface area contributed by atoms with Crippen molar-refractivity contribution in [3.63, 3.8) is 0 Å². The predicted molar refractivity (Wildman–Crippen MR) is 129 cm³/mol. The summed E-state index contributed by atoms with van der Waals surface area (Å²) >= 11 is 0. The molecule has 2 aromatic carbocycles. The van der Waals surface area contributed by atoms with Crippen molar-refractivity contribution in [1.82, 2.24) is 9.88 Å². The number of nitrogens with one attached hydrogen (secondary N) is 1. The second kappa shape index (κ2) is 10.4. The molecule has 0 saturated carbocycles. The first kappa shape index (κ1) is 22.1. The molecule has 1 atom stereocenters. The highest BCUT2D eigenvalue weighted by Crippen LogP contribution is 2.30. The second-order valence-corrected chi connectivity index (χ2v) is 8.02. The number of anilines is 1.